The van der Waals surface area contributed by atoms with Gasteiger partial charge in [-0.2, -0.15) is 5.10 Å². The predicted octanol–water partition coefficient (Wildman–Crippen LogP) is 1.71. The zero-order valence-electron chi connectivity index (χ0n) is 17.4. The predicted molar refractivity (Wildman–Crippen MR) is 110 cm³/mol. The molecule has 166 valence electrons. The van der Waals surface area contributed by atoms with Crippen molar-refractivity contribution >= 4 is 11.8 Å². The molecule has 8 nitrogen and oxygen atoms in total. The highest BCUT2D eigenvalue weighted by molar-refractivity contribution is 5.79. The van der Waals surface area contributed by atoms with Crippen molar-refractivity contribution in [1.82, 2.24) is 19.6 Å². The minimum Gasteiger partial charge on any atom is -0.491 e. The van der Waals surface area contributed by atoms with Crippen LogP contribution in [0.2, 0.25) is 0 Å². The molecule has 2 aliphatic rings. The lowest BCUT2D eigenvalue weighted by Crippen LogP contribution is -2.55. The molecule has 0 saturated carbocycles. The third kappa shape index (κ3) is 5.61. The van der Waals surface area contributed by atoms with Crippen LogP contribution < -0.4 is 4.74 Å². The van der Waals surface area contributed by atoms with Crippen molar-refractivity contribution in [2.24, 2.45) is 0 Å². The zero-order valence-corrected chi connectivity index (χ0v) is 17.4. The molecule has 0 bridgehead atoms. The van der Waals surface area contributed by atoms with E-state index in [-0.39, 0.29) is 36.4 Å². The van der Waals surface area contributed by atoms with Crippen LogP contribution in [0.1, 0.15) is 19.3 Å². The van der Waals surface area contributed by atoms with E-state index in [1.807, 2.05) is 22.1 Å². The van der Waals surface area contributed by atoms with Crippen LogP contribution in [0.3, 0.4) is 0 Å². The van der Waals surface area contributed by atoms with Crippen molar-refractivity contribution in [3.63, 3.8) is 0 Å². The summed E-state index contributed by atoms with van der Waals surface area (Å²) in [5.74, 6) is 0.342. The van der Waals surface area contributed by atoms with Crippen LogP contribution in [0.25, 0.3) is 0 Å². The molecule has 2 amide bonds. The van der Waals surface area contributed by atoms with Crippen molar-refractivity contribution < 1.29 is 23.5 Å². The number of carbonyl (C=O) groups excluding carboxylic acids is 2. The number of aryl methyl sites for hydroxylation is 1. The molecule has 1 unspecified atom stereocenters. The molecular formula is C22H27FN4O4. The first-order valence-electron chi connectivity index (χ1n) is 10.6. The first-order chi connectivity index (χ1) is 15.1. The molecule has 3 heterocycles. The molecule has 2 aliphatic heterocycles. The van der Waals surface area contributed by atoms with E-state index in [0.29, 0.717) is 45.0 Å². The van der Waals surface area contributed by atoms with Gasteiger partial charge in [-0.05, 0) is 43.2 Å². The molecule has 9 heteroatoms. The van der Waals surface area contributed by atoms with Gasteiger partial charge >= 0.3 is 0 Å². The fourth-order valence-electron chi connectivity index (χ4n) is 4.05. The van der Waals surface area contributed by atoms with Crippen LogP contribution in [-0.4, -0.2) is 76.4 Å². The molecule has 0 radical (unpaired) electrons. The zero-order chi connectivity index (χ0) is 21.6. The molecule has 1 aromatic heterocycles. The van der Waals surface area contributed by atoms with Crippen molar-refractivity contribution in [1.29, 1.82) is 0 Å². The second kappa shape index (κ2) is 9.91. The average molecular weight is 430 g/mol. The van der Waals surface area contributed by atoms with Crippen molar-refractivity contribution in [3.05, 3.63) is 48.5 Å². The number of carbonyl (C=O) groups is 2. The maximum absolute atomic E-state index is 13.0. The normalized spacial score (nSPS) is 20.2. The van der Waals surface area contributed by atoms with E-state index >= 15 is 0 Å². The van der Waals surface area contributed by atoms with E-state index in [4.69, 9.17) is 9.47 Å². The summed E-state index contributed by atoms with van der Waals surface area (Å²) < 4.78 is 26.1. The molecule has 31 heavy (non-hydrogen) atoms. The SMILES string of the molecule is O=C(CCn1cccn1)N1CCC(N2CC(COc3ccc(F)cc3)OCC2=O)CC1. The third-order valence-electron chi connectivity index (χ3n) is 5.78. The Labute approximate surface area is 180 Å². The summed E-state index contributed by atoms with van der Waals surface area (Å²) in [6, 6.07) is 7.77. The summed E-state index contributed by atoms with van der Waals surface area (Å²) in [7, 11) is 0. The summed E-state index contributed by atoms with van der Waals surface area (Å²) in [5, 5.41) is 4.12. The van der Waals surface area contributed by atoms with Crippen molar-refractivity contribution in [2.75, 3.05) is 32.8 Å². The van der Waals surface area contributed by atoms with E-state index < -0.39 is 0 Å². The van der Waals surface area contributed by atoms with Crippen LogP contribution in [0.15, 0.2) is 42.7 Å². The second-order valence-electron chi connectivity index (χ2n) is 7.88. The molecule has 1 aromatic carbocycles. The Morgan fingerprint density at radius 3 is 2.71 bits per heavy atom. The van der Waals surface area contributed by atoms with Gasteiger partial charge in [0.2, 0.25) is 11.8 Å². The van der Waals surface area contributed by atoms with Gasteiger partial charge in [0, 0.05) is 44.5 Å². The lowest BCUT2D eigenvalue weighted by molar-refractivity contribution is -0.155. The number of aromatic nitrogens is 2. The van der Waals surface area contributed by atoms with Crippen LogP contribution in [-0.2, 0) is 20.9 Å². The highest BCUT2D eigenvalue weighted by Gasteiger charge is 2.34. The molecule has 0 spiro atoms. The Morgan fingerprint density at radius 1 is 1.23 bits per heavy atom. The van der Waals surface area contributed by atoms with Crippen molar-refractivity contribution in [3.8, 4) is 5.75 Å². The van der Waals surface area contributed by atoms with Gasteiger partial charge < -0.3 is 19.3 Å². The Bertz CT molecular complexity index is 866. The molecule has 2 aromatic rings. The maximum atomic E-state index is 13.0. The lowest BCUT2D eigenvalue weighted by atomic mass is 10.0. The Morgan fingerprint density at radius 2 is 2.00 bits per heavy atom. The molecule has 4 rings (SSSR count). The number of likely N-dealkylation sites (tertiary alicyclic amines) is 1. The Kier molecular flexibility index (Phi) is 6.81. The van der Waals surface area contributed by atoms with Crippen LogP contribution >= 0.6 is 0 Å². The number of ether oxygens (including phenoxy) is 2. The maximum Gasteiger partial charge on any atom is 0.248 e. The van der Waals surface area contributed by atoms with Crippen molar-refractivity contribution in [2.45, 2.75) is 38.0 Å². The minimum absolute atomic E-state index is 0.0264. The molecule has 0 N–H and O–H groups in total. The molecule has 2 fully saturated rings. The van der Waals surface area contributed by atoms with E-state index in [1.54, 1.807) is 23.0 Å². The third-order valence-corrected chi connectivity index (χ3v) is 5.78. The van der Waals surface area contributed by atoms with Gasteiger partial charge in [0.25, 0.3) is 0 Å². The molecule has 2 saturated heterocycles. The van der Waals surface area contributed by atoms with Crippen LogP contribution in [0, 0.1) is 5.82 Å². The molecular weight excluding hydrogens is 403 g/mol. The summed E-state index contributed by atoms with van der Waals surface area (Å²) in [4.78, 5) is 28.6. The Balaban J connectivity index is 1.23. The molecule has 0 aliphatic carbocycles. The monoisotopic (exact) mass is 430 g/mol. The average Bonchev–Trinajstić information content (AvgIpc) is 3.32. The highest BCUT2D eigenvalue weighted by atomic mass is 19.1. The fraction of sp³-hybridized carbons (Fsp3) is 0.500. The van der Waals surface area contributed by atoms with Gasteiger partial charge in [-0.15, -0.1) is 0 Å². The number of hydrogen-bond donors (Lipinski definition) is 0. The first kappa shape index (κ1) is 21.3. The van der Waals surface area contributed by atoms with Gasteiger partial charge in [-0.25, -0.2) is 4.39 Å². The summed E-state index contributed by atoms with van der Waals surface area (Å²) in [6.07, 6.45) is 5.24. The highest BCUT2D eigenvalue weighted by Crippen LogP contribution is 2.21. The first-order valence-corrected chi connectivity index (χ1v) is 10.6. The van der Waals surface area contributed by atoms with E-state index in [9.17, 15) is 14.0 Å². The number of rotatable bonds is 7. The number of hydrogen-bond acceptors (Lipinski definition) is 5. The van der Waals surface area contributed by atoms with E-state index in [1.165, 1.54) is 12.1 Å². The number of benzene rings is 1. The standard InChI is InChI=1S/C22H27FN4O4/c23-17-2-4-19(5-3-17)30-15-20-14-27(22(29)16-31-20)18-6-11-25(12-7-18)21(28)8-13-26-10-1-9-24-26/h1-5,9-10,18,20H,6-8,11-16H2. The van der Waals surface area contributed by atoms with Crippen LogP contribution in [0.5, 0.6) is 5.75 Å². The Hall–Kier alpha value is -2.94. The van der Waals surface area contributed by atoms with Gasteiger partial charge in [0.1, 0.15) is 30.9 Å². The topological polar surface area (TPSA) is 76.9 Å². The number of piperidine rings is 1. The van der Waals surface area contributed by atoms with Crippen LogP contribution in [0.4, 0.5) is 4.39 Å². The van der Waals surface area contributed by atoms with E-state index in [2.05, 4.69) is 5.10 Å². The smallest absolute Gasteiger partial charge is 0.248 e. The van der Waals surface area contributed by atoms with E-state index in [0.717, 1.165) is 12.8 Å². The summed E-state index contributed by atoms with van der Waals surface area (Å²) in [6.45, 7) is 2.63. The largest absolute Gasteiger partial charge is 0.491 e. The molecule has 1 atom stereocenters. The lowest BCUT2D eigenvalue weighted by Gasteiger charge is -2.42. The number of morpholine rings is 1. The second-order valence-corrected chi connectivity index (χ2v) is 7.88. The minimum atomic E-state index is -0.316. The quantitative estimate of drug-likeness (QED) is 0.669. The van der Waals surface area contributed by atoms with Gasteiger partial charge in [0.15, 0.2) is 0 Å². The summed E-state index contributed by atoms with van der Waals surface area (Å²) in [5.41, 5.74) is 0. The number of halogens is 1. The van der Waals surface area contributed by atoms with Gasteiger partial charge in [0.05, 0.1) is 6.54 Å². The summed E-state index contributed by atoms with van der Waals surface area (Å²) >= 11 is 0. The number of nitrogens with zero attached hydrogens (tertiary/aromatic N) is 4. The fourth-order valence-corrected chi connectivity index (χ4v) is 4.05. The van der Waals surface area contributed by atoms with Gasteiger partial charge in [-0.3, -0.25) is 14.3 Å². The van der Waals surface area contributed by atoms with Gasteiger partial charge in [-0.1, -0.05) is 0 Å². The number of amides is 2.